The maximum atomic E-state index is 2.84. The van der Waals surface area contributed by atoms with Gasteiger partial charge in [-0.1, -0.05) is 199 Å². The van der Waals surface area contributed by atoms with Crippen molar-refractivity contribution in [2.24, 2.45) is 5.41 Å². The van der Waals surface area contributed by atoms with Gasteiger partial charge >= 0.3 is 0 Å². The number of benzene rings is 8. The van der Waals surface area contributed by atoms with Gasteiger partial charge in [0.05, 0.1) is 16.9 Å². The van der Waals surface area contributed by atoms with Gasteiger partial charge in [-0.05, 0) is 189 Å². The first-order chi connectivity index (χ1) is 37.6. The van der Waals surface area contributed by atoms with Crippen LogP contribution in [0.1, 0.15) is 166 Å². The predicted molar refractivity (Wildman–Crippen MR) is 341 cm³/mol. The number of fused-ring (bicyclic) bond motifs is 8. The Bertz CT molecular complexity index is 3720. The minimum Gasteiger partial charge on any atom is -0.334 e. The Kier molecular flexibility index (Phi) is 12.0. The smallest absolute Gasteiger partial charge is 0.252 e. The molecule has 0 aromatic heterocycles. The fourth-order valence-electron chi connectivity index (χ4n) is 15.3. The van der Waals surface area contributed by atoms with Crippen LogP contribution in [0.2, 0.25) is 0 Å². The molecule has 0 radical (unpaired) electrons. The highest BCUT2D eigenvalue weighted by atomic mass is 15.3. The molecule has 2 aliphatic carbocycles. The molecule has 2 unspecified atom stereocenters. The van der Waals surface area contributed by atoms with E-state index in [9.17, 15) is 0 Å². The van der Waals surface area contributed by atoms with Gasteiger partial charge < -0.3 is 14.7 Å². The second kappa shape index (κ2) is 18.4. The van der Waals surface area contributed by atoms with E-state index in [1.54, 1.807) is 0 Å². The third-order valence-electron chi connectivity index (χ3n) is 19.8. The van der Waals surface area contributed by atoms with Gasteiger partial charge in [0.25, 0.3) is 6.71 Å². The summed E-state index contributed by atoms with van der Waals surface area (Å²) in [6.45, 7) is 31.3. The van der Waals surface area contributed by atoms with E-state index in [1.165, 1.54) is 155 Å². The second-order valence-corrected chi connectivity index (χ2v) is 28.2. The second-order valence-electron chi connectivity index (χ2n) is 28.2. The van der Waals surface area contributed by atoms with Crippen LogP contribution in [-0.4, -0.2) is 12.3 Å². The largest absolute Gasteiger partial charge is 0.334 e. The fourth-order valence-corrected chi connectivity index (χ4v) is 15.3. The first-order valence-corrected chi connectivity index (χ1v) is 30.0. The van der Waals surface area contributed by atoms with Gasteiger partial charge in [-0.2, -0.15) is 0 Å². The van der Waals surface area contributed by atoms with Gasteiger partial charge in [-0.3, -0.25) is 0 Å². The minimum atomic E-state index is -0.116. The van der Waals surface area contributed by atoms with Crippen LogP contribution in [0.4, 0.5) is 45.5 Å². The van der Waals surface area contributed by atoms with Gasteiger partial charge in [0.15, 0.2) is 0 Å². The topological polar surface area (TPSA) is 9.72 Å². The molecule has 0 bridgehead atoms. The molecule has 3 aliphatic heterocycles. The van der Waals surface area contributed by atoms with E-state index in [0.29, 0.717) is 5.92 Å². The highest BCUT2D eigenvalue weighted by molar-refractivity contribution is 7.00. The van der Waals surface area contributed by atoms with Gasteiger partial charge in [-0.15, -0.1) is 0 Å². The summed E-state index contributed by atoms with van der Waals surface area (Å²) in [5.41, 5.74) is 29.2. The molecule has 1 fully saturated rings. The molecule has 5 aliphatic rings. The van der Waals surface area contributed by atoms with Gasteiger partial charge in [0.1, 0.15) is 0 Å². The summed E-state index contributed by atoms with van der Waals surface area (Å²) in [5.74, 6) is 0.464. The number of hydrogen-bond acceptors (Lipinski definition) is 3. The maximum absolute atomic E-state index is 2.84. The van der Waals surface area contributed by atoms with Crippen molar-refractivity contribution in [1.29, 1.82) is 0 Å². The lowest BCUT2D eigenvalue weighted by Crippen LogP contribution is -2.61. The molecule has 8 aromatic carbocycles. The number of aryl methyl sites for hydroxylation is 1. The molecule has 13 rings (SSSR count). The summed E-state index contributed by atoms with van der Waals surface area (Å²) in [6.07, 6.45) is 9.61. The molecule has 0 N–H and O–H groups in total. The molecule has 400 valence electrons. The highest BCUT2D eigenvalue weighted by Crippen LogP contribution is 2.61. The van der Waals surface area contributed by atoms with E-state index in [2.05, 4.69) is 262 Å². The quantitative estimate of drug-likeness (QED) is 0.154. The van der Waals surface area contributed by atoms with E-state index in [4.69, 9.17) is 0 Å². The van der Waals surface area contributed by atoms with Crippen molar-refractivity contribution in [3.8, 4) is 22.3 Å². The molecular weight excluding hydrogens is 954 g/mol. The molecular formula is C75H82BN3. The molecule has 0 spiro atoms. The highest BCUT2D eigenvalue weighted by Gasteiger charge is 2.57. The normalized spacial score (nSPS) is 20.0. The molecule has 1 saturated carbocycles. The summed E-state index contributed by atoms with van der Waals surface area (Å²) in [6, 6.07) is 62.7. The van der Waals surface area contributed by atoms with Crippen molar-refractivity contribution in [2.75, 3.05) is 14.7 Å². The van der Waals surface area contributed by atoms with Crippen molar-refractivity contribution in [1.82, 2.24) is 0 Å². The maximum Gasteiger partial charge on any atom is 0.252 e. The van der Waals surface area contributed by atoms with E-state index in [0.717, 1.165) is 19.3 Å². The molecule has 3 nitrogen and oxygen atoms in total. The molecule has 2 atom stereocenters. The lowest BCUT2D eigenvalue weighted by molar-refractivity contribution is 0.217. The average molecular weight is 1040 g/mol. The zero-order chi connectivity index (χ0) is 55.1. The van der Waals surface area contributed by atoms with Crippen LogP contribution < -0.4 is 31.1 Å². The standard InChI is InChI=1S/C75H82BN3/c1-48(2)52-28-33-65-60(40-52)74(12)36-22-14-15-23-37-75(74,13)79(65)57-31-32-61-67(45-57)78(64-35-30-56(72(7,8)9)44-59(64)51-26-20-17-21-27-51)69-39-49(3)38-68-70(69)76(61)62-41-53-46-73(10,11)47-54(53)42-66(62)77(68)63-34-29-55(71(4,5)6)43-58(63)50-24-18-16-19-25-50/h16-21,24-35,38-45,48H,14-15,22-23,36-37,46-47H2,1-13H3. The van der Waals surface area contributed by atoms with E-state index >= 15 is 0 Å². The number of hydrogen-bond donors (Lipinski definition) is 0. The van der Waals surface area contributed by atoms with Crippen LogP contribution in [0.3, 0.4) is 0 Å². The van der Waals surface area contributed by atoms with Gasteiger partial charge in [-0.25, -0.2) is 0 Å². The summed E-state index contributed by atoms with van der Waals surface area (Å²) in [5, 5.41) is 0. The Morgan fingerprint density at radius 2 is 1.01 bits per heavy atom. The average Bonchev–Trinajstić information content (AvgIpc) is 3.75. The van der Waals surface area contributed by atoms with Crippen LogP contribution in [0.5, 0.6) is 0 Å². The van der Waals surface area contributed by atoms with Crippen molar-refractivity contribution in [3.63, 3.8) is 0 Å². The number of anilines is 8. The first-order valence-electron chi connectivity index (χ1n) is 30.0. The summed E-state index contributed by atoms with van der Waals surface area (Å²) >= 11 is 0. The van der Waals surface area contributed by atoms with Crippen LogP contribution in [0.15, 0.2) is 158 Å². The SMILES string of the molecule is Cc1cc2c3c(c1)N(c1ccc(C(C)(C)C)cc1-c1ccccc1)c1cc4c(cc1B3c1ccc(N3c5ccc(C(C)C)cc5C5(C)CCCCCCC35C)cc1N2c1ccc(C(C)(C)C)cc1-c1ccccc1)CC(C)(C)C4. The molecule has 8 aromatic rings. The number of rotatable bonds is 6. The Balaban J connectivity index is 1.13. The number of nitrogens with zero attached hydrogens (tertiary/aromatic N) is 3. The van der Waals surface area contributed by atoms with E-state index in [1.807, 2.05) is 0 Å². The van der Waals surface area contributed by atoms with Crippen molar-refractivity contribution in [2.45, 2.75) is 169 Å². The Hall–Kier alpha value is -6.78. The lowest BCUT2D eigenvalue weighted by atomic mass is 9.33. The predicted octanol–water partition coefficient (Wildman–Crippen LogP) is 18.8. The molecule has 4 heteroatoms. The third kappa shape index (κ3) is 8.26. The van der Waals surface area contributed by atoms with E-state index < -0.39 is 0 Å². The summed E-state index contributed by atoms with van der Waals surface area (Å²) in [7, 11) is 0. The van der Waals surface area contributed by atoms with Crippen LogP contribution in [0.25, 0.3) is 22.3 Å². The molecule has 0 amide bonds. The van der Waals surface area contributed by atoms with Crippen molar-refractivity contribution < 1.29 is 0 Å². The Morgan fingerprint density at radius 1 is 0.481 bits per heavy atom. The van der Waals surface area contributed by atoms with Crippen molar-refractivity contribution >= 4 is 68.6 Å². The lowest BCUT2D eigenvalue weighted by Gasteiger charge is -2.49. The van der Waals surface area contributed by atoms with Crippen LogP contribution in [-0.2, 0) is 29.1 Å². The first kappa shape index (κ1) is 51.6. The molecule has 0 saturated heterocycles. The summed E-state index contributed by atoms with van der Waals surface area (Å²) < 4.78 is 0. The summed E-state index contributed by atoms with van der Waals surface area (Å²) in [4.78, 5) is 8.25. The minimum absolute atomic E-state index is 0.00378. The van der Waals surface area contributed by atoms with Crippen LogP contribution in [0, 0.1) is 12.3 Å². The Labute approximate surface area is 474 Å². The van der Waals surface area contributed by atoms with E-state index in [-0.39, 0.29) is 33.9 Å². The zero-order valence-corrected chi connectivity index (χ0v) is 49.7. The molecule has 79 heavy (non-hydrogen) atoms. The zero-order valence-electron chi connectivity index (χ0n) is 49.7. The Morgan fingerprint density at radius 3 is 1.57 bits per heavy atom. The third-order valence-corrected chi connectivity index (χ3v) is 19.8. The fraction of sp³-hybridized carbons (Fsp3) is 0.360. The monoisotopic (exact) mass is 1040 g/mol. The van der Waals surface area contributed by atoms with Crippen molar-refractivity contribution in [3.05, 3.63) is 197 Å². The van der Waals surface area contributed by atoms with Gasteiger partial charge in [0.2, 0.25) is 0 Å². The van der Waals surface area contributed by atoms with Crippen LogP contribution >= 0.6 is 0 Å². The van der Waals surface area contributed by atoms with Gasteiger partial charge in [0, 0.05) is 50.7 Å². The molecule has 3 heterocycles.